The van der Waals surface area contributed by atoms with E-state index < -0.39 is 11.4 Å². The molecule has 3 aliphatic heterocycles. The Kier molecular flexibility index (Phi) is 3.96. The predicted molar refractivity (Wildman–Crippen MR) is 85.4 cm³/mol. The number of rotatable bonds is 3. The molecule has 1 aromatic rings. The fraction of sp³-hybridized carbons (Fsp3) is 0.684. The molecule has 3 saturated heterocycles. The highest BCUT2D eigenvalue weighted by atomic mass is 17.3. The third kappa shape index (κ3) is 2.52. The summed E-state index contributed by atoms with van der Waals surface area (Å²) in [6.45, 7) is 2.00. The first-order valence-electron chi connectivity index (χ1n) is 8.78. The minimum atomic E-state index is -0.751. The van der Waals surface area contributed by atoms with Crippen molar-refractivity contribution in [2.75, 3.05) is 7.11 Å². The molecule has 4 heteroatoms. The van der Waals surface area contributed by atoms with Crippen molar-refractivity contribution in [2.24, 2.45) is 11.8 Å². The van der Waals surface area contributed by atoms with Gasteiger partial charge in [0.25, 0.3) is 0 Å². The Bertz CT molecular complexity index is 548. The van der Waals surface area contributed by atoms with Gasteiger partial charge in [0.1, 0.15) is 0 Å². The van der Waals surface area contributed by atoms with Crippen LogP contribution in [0.5, 0.6) is 0 Å². The molecule has 2 bridgehead atoms. The lowest BCUT2D eigenvalue weighted by atomic mass is 9.70. The van der Waals surface area contributed by atoms with Crippen LogP contribution in [0.25, 0.3) is 0 Å². The van der Waals surface area contributed by atoms with Gasteiger partial charge in [-0.15, -0.1) is 0 Å². The fourth-order valence-electron chi connectivity index (χ4n) is 4.65. The molecule has 5 atom stereocenters. The van der Waals surface area contributed by atoms with Crippen molar-refractivity contribution in [3.8, 4) is 0 Å². The Morgan fingerprint density at radius 2 is 2.00 bits per heavy atom. The molecule has 1 spiro atoms. The SMILES string of the molecule is CO[C@H]1O[C@]2(C)OO[C@]13CCCC[C@@H]3C[C@H]2Cc1ccccc1. The highest BCUT2D eigenvalue weighted by Gasteiger charge is 2.62. The normalized spacial score (nSPS) is 43.0. The zero-order chi connectivity index (χ0) is 15.9. The monoisotopic (exact) mass is 318 g/mol. The quantitative estimate of drug-likeness (QED) is 0.793. The van der Waals surface area contributed by atoms with E-state index in [1.165, 1.54) is 12.0 Å². The molecular formula is C19H26O4. The number of fused-ring (bicyclic) bond motifs is 3. The maximum atomic E-state index is 6.32. The summed E-state index contributed by atoms with van der Waals surface area (Å²) >= 11 is 0. The summed E-state index contributed by atoms with van der Waals surface area (Å²) in [5, 5.41) is 0. The molecule has 1 saturated carbocycles. The standard InChI is InChI=1S/C19H26O4/c1-18-16(12-14-8-4-3-5-9-14)13-15-10-6-7-11-19(15,23-22-18)17(20-2)21-18/h3-5,8-9,15-17H,6-7,10-13H2,1-2H3/t15-,16-,17+,18-,19+/m1/s1. The second kappa shape index (κ2) is 5.85. The van der Waals surface area contributed by atoms with Gasteiger partial charge in [0.15, 0.2) is 11.9 Å². The lowest BCUT2D eigenvalue weighted by Gasteiger charge is -2.49. The zero-order valence-electron chi connectivity index (χ0n) is 14.0. The van der Waals surface area contributed by atoms with Crippen LogP contribution in [-0.2, 0) is 25.7 Å². The summed E-state index contributed by atoms with van der Waals surface area (Å²) in [5.74, 6) is -0.0618. The molecule has 0 aromatic heterocycles. The number of hydrogen-bond donors (Lipinski definition) is 0. The van der Waals surface area contributed by atoms with E-state index in [0.29, 0.717) is 5.92 Å². The van der Waals surface area contributed by atoms with Gasteiger partial charge in [0.2, 0.25) is 5.79 Å². The van der Waals surface area contributed by atoms with Gasteiger partial charge in [-0.1, -0.05) is 43.2 Å². The predicted octanol–water partition coefficient (Wildman–Crippen LogP) is 3.85. The van der Waals surface area contributed by atoms with E-state index in [0.717, 1.165) is 32.1 Å². The Balaban J connectivity index is 1.66. The van der Waals surface area contributed by atoms with Crippen molar-refractivity contribution in [3.05, 3.63) is 35.9 Å². The third-order valence-corrected chi connectivity index (χ3v) is 6.01. The van der Waals surface area contributed by atoms with Crippen molar-refractivity contribution < 1.29 is 19.2 Å². The van der Waals surface area contributed by atoms with E-state index >= 15 is 0 Å². The van der Waals surface area contributed by atoms with Crippen LogP contribution < -0.4 is 0 Å². The largest absolute Gasteiger partial charge is 0.353 e. The van der Waals surface area contributed by atoms with Gasteiger partial charge in [0.05, 0.1) is 0 Å². The van der Waals surface area contributed by atoms with Gasteiger partial charge in [-0.3, -0.25) is 0 Å². The van der Waals surface area contributed by atoms with Crippen LogP contribution in [0.4, 0.5) is 0 Å². The third-order valence-electron chi connectivity index (χ3n) is 6.01. The van der Waals surface area contributed by atoms with Crippen molar-refractivity contribution >= 4 is 0 Å². The Hall–Kier alpha value is -0.940. The van der Waals surface area contributed by atoms with Gasteiger partial charge in [0, 0.05) is 13.0 Å². The average Bonchev–Trinajstić information content (AvgIpc) is 2.77. The minimum Gasteiger partial charge on any atom is -0.353 e. The van der Waals surface area contributed by atoms with Crippen LogP contribution in [0, 0.1) is 11.8 Å². The van der Waals surface area contributed by atoms with Crippen LogP contribution in [0.1, 0.15) is 44.6 Å². The summed E-state index contributed by atoms with van der Waals surface area (Å²) < 4.78 is 12.0. The molecule has 4 aliphatic rings. The lowest BCUT2D eigenvalue weighted by Crippen LogP contribution is -2.60. The minimum absolute atomic E-state index is 0.259. The van der Waals surface area contributed by atoms with Crippen LogP contribution in [0.2, 0.25) is 0 Å². The first-order valence-corrected chi connectivity index (χ1v) is 8.78. The Morgan fingerprint density at radius 1 is 1.17 bits per heavy atom. The topological polar surface area (TPSA) is 36.9 Å². The molecule has 126 valence electrons. The van der Waals surface area contributed by atoms with Crippen LogP contribution in [0.15, 0.2) is 30.3 Å². The number of benzene rings is 1. The zero-order valence-corrected chi connectivity index (χ0v) is 14.0. The highest BCUT2D eigenvalue weighted by Crippen LogP contribution is 2.54. The van der Waals surface area contributed by atoms with Gasteiger partial charge < -0.3 is 9.47 Å². The summed E-state index contributed by atoms with van der Waals surface area (Å²) in [7, 11) is 1.71. The first-order chi connectivity index (χ1) is 11.2. The Morgan fingerprint density at radius 3 is 2.78 bits per heavy atom. The number of methoxy groups -OCH3 is 1. The van der Waals surface area contributed by atoms with E-state index in [1.807, 2.05) is 6.92 Å². The Labute approximate surface area is 138 Å². The van der Waals surface area contributed by atoms with Crippen LogP contribution in [0.3, 0.4) is 0 Å². The van der Waals surface area contributed by atoms with E-state index in [9.17, 15) is 0 Å². The molecule has 5 rings (SSSR count). The van der Waals surface area contributed by atoms with E-state index in [4.69, 9.17) is 19.2 Å². The highest BCUT2D eigenvalue weighted by molar-refractivity contribution is 5.16. The van der Waals surface area contributed by atoms with Crippen molar-refractivity contribution in [1.29, 1.82) is 0 Å². The molecule has 4 fully saturated rings. The molecule has 1 aromatic carbocycles. The van der Waals surface area contributed by atoms with Gasteiger partial charge in [-0.2, -0.15) is 0 Å². The van der Waals surface area contributed by atoms with E-state index in [1.54, 1.807) is 7.11 Å². The molecule has 0 amide bonds. The van der Waals surface area contributed by atoms with Crippen LogP contribution in [-0.4, -0.2) is 24.8 Å². The van der Waals surface area contributed by atoms with Crippen LogP contribution >= 0.6 is 0 Å². The smallest absolute Gasteiger partial charge is 0.204 e. The number of hydrogen-bond acceptors (Lipinski definition) is 4. The molecule has 23 heavy (non-hydrogen) atoms. The van der Waals surface area contributed by atoms with E-state index in [2.05, 4.69) is 30.3 Å². The molecule has 3 heterocycles. The molecule has 0 N–H and O–H groups in total. The molecule has 4 nitrogen and oxygen atoms in total. The fourth-order valence-corrected chi connectivity index (χ4v) is 4.65. The maximum Gasteiger partial charge on any atom is 0.204 e. The maximum absolute atomic E-state index is 6.32. The average molecular weight is 318 g/mol. The lowest BCUT2D eigenvalue weighted by molar-refractivity contribution is -0.553. The summed E-state index contributed by atoms with van der Waals surface area (Å²) in [5.41, 5.74) is 0.882. The van der Waals surface area contributed by atoms with E-state index in [-0.39, 0.29) is 12.2 Å². The van der Waals surface area contributed by atoms with Crippen molar-refractivity contribution in [3.63, 3.8) is 0 Å². The van der Waals surface area contributed by atoms with Crippen molar-refractivity contribution in [1.82, 2.24) is 0 Å². The number of ether oxygens (including phenoxy) is 2. The summed E-state index contributed by atoms with van der Waals surface area (Å²) in [6.07, 6.45) is 6.16. The van der Waals surface area contributed by atoms with Gasteiger partial charge in [-0.05, 0) is 44.1 Å². The molecule has 0 unspecified atom stereocenters. The van der Waals surface area contributed by atoms with Gasteiger partial charge >= 0.3 is 0 Å². The second-order valence-electron chi connectivity index (χ2n) is 7.39. The van der Waals surface area contributed by atoms with Gasteiger partial charge in [-0.25, -0.2) is 9.78 Å². The second-order valence-corrected chi connectivity index (χ2v) is 7.39. The summed E-state index contributed by atoms with van der Waals surface area (Å²) in [6, 6.07) is 10.6. The first kappa shape index (κ1) is 15.6. The molecule has 1 aliphatic carbocycles. The molecular weight excluding hydrogens is 292 g/mol. The molecule has 0 radical (unpaired) electrons. The summed E-state index contributed by atoms with van der Waals surface area (Å²) in [4.78, 5) is 11.9. The van der Waals surface area contributed by atoms with Crippen molar-refractivity contribution in [2.45, 2.75) is 63.1 Å².